The summed E-state index contributed by atoms with van der Waals surface area (Å²) in [6.07, 6.45) is 1.47. The lowest BCUT2D eigenvalue weighted by molar-refractivity contribution is 0.211. The Balaban J connectivity index is 1.45. The fourth-order valence-corrected chi connectivity index (χ4v) is 5.22. The van der Waals surface area contributed by atoms with Crippen molar-refractivity contribution in [1.82, 2.24) is 19.5 Å². The molecule has 3 heterocycles. The molecule has 0 aliphatic carbocycles. The van der Waals surface area contributed by atoms with E-state index >= 15 is 0 Å². The maximum Gasteiger partial charge on any atom is 0.230 e. The molecule has 0 unspecified atom stereocenters. The summed E-state index contributed by atoms with van der Waals surface area (Å²) < 4.78 is 1.51. The van der Waals surface area contributed by atoms with Crippen LogP contribution in [-0.4, -0.2) is 50.8 Å². The van der Waals surface area contributed by atoms with E-state index in [1.165, 1.54) is 22.2 Å². The molecular formula is C21H20ClN5OS. The number of nitrogens with zero attached hydrogens (tertiary/aromatic N) is 5. The fraction of sp³-hybridized carbons (Fsp3) is 0.238. The summed E-state index contributed by atoms with van der Waals surface area (Å²) in [6.45, 7) is 3.54. The number of aromatic nitrogens is 3. The van der Waals surface area contributed by atoms with Gasteiger partial charge in [0.05, 0.1) is 10.9 Å². The van der Waals surface area contributed by atoms with Crippen LogP contribution in [0, 0.1) is 0 Å². The molecule has 1 atom stereocenters. The quantitative estimate of drug-likeness (QED) is 0.534. The van der Waals surface area contributed by atoms with E-state index < -0.39 is 0 Å². The number of halogens is 1. The molecule has 4 aromatic rings. The van der Waals surface area contributed by atoms with Crippen molar-refractivity contribution in [2.75, 3.05) is 31.1 Å². The summed E-state index contributed by atoms with van der Waals surface area (Å²) in [4.78, 5) is 10.6. The van der Waals surface area contributed by atoms with Crippen molar-refractivity contribution in [3.63, 3.8) is 0 Å². The first-order valence-corrected chi connectivity index (χ1v) is 10.7. The Hall–Kier alpha value is -2.61. The second-order valence-corrected chi connectivity index (χ2v) is 8.51. The summed E-state index contributed by atoms with van der Waals surface area (Å²) in [6, 6.07) is 18.3. The largest absolute Gasteiger partial charge is 0.492 e. The van der Waals surface area contributed by atoms with Crippen LogP contribution in [0.3, 0.4) is 0 Å². The third-order valence-electron chi connectivity index (χ3n) is 5.36. The highest BCUT2D eigenvalue weighted by atomic mass is 35.5. The van der Waals surface area contributed by atoms with Gasteiger partial charge in [-0.1, -0.05) is 59.3 Å². The number of hydrogen-bond donors (Lipinski definition) is 1. The highest BCUT2D eigenvalue weighted by Crippen LogP contribution is 2.40. The van der Waals surface area contributed by atoms with Crippen LogP contribution in [0.25, 0.3) is 4.96 Å². The van der Waals surface area contributed by atoms with E-state index in [1.54, 1.807) is 0 Å². The van der Waals surface area contributed by atoms with Gasteiger partial charge in [-0.15, -0.1) is 0 Å². The van der Waals surface area contributed by atoms with E-state index in [0.29, 0.717) is 4.96 Å². The molecule has 6 nitrogen and oxygen atoms in total. The van der Waals surface area contributed by atoms with E-state index in [0.717, 1.165) is 47.3 Å². The van der Waals surface area contributed by atoms with E-state index in [-0.39, 0.29) is 11.9 Å². The second kappa shape index (κ2) is 7.67. The number of benzene rings is 2. The first-order valence-electron chi connectivity index (χ1n) is 9.51. The van der Waals surface area contributed by atoms with Crippen LogP contribution in [0.4, 0.5) is 5.69 Å². The van der Waals surface area contributed by atoms with Crippen LogP contribution in [0.1, 0.15) is 16.5 Å². The zero-order valence-electron chi connectivity index (χ0n) is 15.6. The average Bonchev–Trinajstić information content (AvgIpc) is 3.33. The number of fused-ring (bicyclic) bond motifs is 1. The van der Waals surface area contributed by atoms with Crippen LogP contribution < -0.4 is 4.90 Å². The number of piperazine rings is 1. The Morgan fingerprint density at radius 2 is 1.79 bits per heavy atom. The Labute approximate surface area is 177 Å². The molecule has 1 fully saturated rings. The van der Waals surface area contributed by atoms with Crippen molar-refractivity contribution in [2.45, 2.75) is 6.04 Å². The summed E-state index contributed by atoms with van der Waals surface area (Å²) in [7, 11) is 0. The Morgan fingerprint density at radius 1 is 1.00 bits per heavy atom. The van der Waals surface area contributed by atoms with Gasteiger partial charge in [-0.25, -0.2) is 4.98 Å². The molecule has 1 aliphatic rings. The fourth-order valence-electron chi connectivity index (χ4n) is 3.95. The third-order valence-corrected chi connectivity index (χ3v) is 6.68. The van der Waals surface area contributed by atoms with Gasteiger partial charge < -0.3 is 10.0 Å². The Morgan fingerprint density at radius 3 is 2.52 bits per heavy atom. The molecular weight excluding hydrogens is 406 g/mol. The molecule has 5 rings (SSSR count). The van der Waals surface area contributed by atoms with E-state index in [4.69, 9.17) is 11.6 Å². The third kappa shape index (κ3) is 3.46. The van der Waals surface area contributed by atoms with Gasteiger partial charge in [0.1, 0.15) is 6.33 Å². The van der Waals surface area contributed by atoms with Crippen LogP contribution in [0.5, 0.6) is 5.88 Å². The molecule has 29 heavy (non-hydrogen) atoms. The number of rotatable bonds is 4. The zero-order valence-corrected chi connectivity index (χ0v) is 17.2. The monoisotopic (exact) mass is 425 g/mol. The molecule has 1 aliphatic heterocycles. The summed E-state index contributed by atoms with van der Waals surface area (Å²) in [5, 5.41) is 15.7. The minimum Gasteiger partial charge on any atom is -0.492 e. The molecule has 0 saturated carbocycles. The molecule has 0 bridgehead atoms. The zero-order chi connectivity index (χ0) is 19.8. The Bertz CT molecular complexity index is 1120. The van der Waals surface area contributed by atoms with Gasteiger partial charge in [0.2, 0.25) is 10.8 Å². The molecule has 8 heteroatoms. The summed E-state index contributed by atoms with van der Waals surface area (Å²) in [5.41, 5.74) is 2.30. The van der Waals surface area contributed by atoms with E-state index in [2.05, 4.69) is 38.1 Å². The summed E-state index contributed by atoms with van der Waals surface area (Å²) in [5.74, 6) is 0.175. The maximum atomic E-state index is 10.8. The van der Waals surface area contributed by atoms with Gasteiger partial charge in [-0.3, -0.25) is 4.90 Å². The van der Waals surface area contributed by atoms with Crippen LogP contribution in [0.2, 0.25) is 5.02 Å². The summed E-state index contributed by atoms with van der Waals surface area (Å²) >= 11 is 7.66. The molecule has 1 N–H and O–H groups in total. The van der Waals surface area contributed by atoms with Crippen LogP contribution >= 0.6 is 22.9 Å². The van der Waals surface area contributed by atoms with Gasteiger partial charge in [-0.05, 0) is 23.8 Å². The van der Waals surface area contributed by atoms with Crippen molar-refractivity contribution in [1.29, 1.82) is 0 Å². The Kier molecular flexibility index (Phi) is 4.87. The lowest BCUT2D eigenvalue weighted by Crippen LogP contribution is -2.47. The van der Waals surface area contributed by atoms with E-state index in [1.807, 2.05) is 36.4 Å². The normalized spacial score (nSPS) is 16.4. The van der Waals surface area contributed by atoms with Gasteiger partial charge in [0.15, 0.2) is 0 Å². The molecule has 0 spiro atoms. The van der Waals surface area contributed by atoms with Crippen molar-refractivity contribution in [3.8, 4) is 5.88 Å². The van der Waals surface area contributed by atoms with Crippen molar-refractivity contribution < 1.29 is 5.11 Å². The number of anilines is 1. The standard InChI is InChI=1S/C21H20ClN5OS/c22-16-7-4-8-17(13-16)25-9-11-26(12-10-25)18(15-5-2-1-3-6-15)19-20(28)27-21(29-19)23-14-24-27/h1-8,13-14,18,28H,9-12H2/t18-/m0/s1. The first-order chi connectivity index (χ1) is 14.2. The van der Waals surface area contributed by atoms with Gasteiger partial charge in [0, 0.05) is 36.9 Å². The number of thiazole rings is 1. The predicted molar refractivity (Wildman–Crippen MR) is 116 cm³/mol. The molecule has 2 aromatic heterocycles. The topological polar surface area (TPSA) is 56.9 Å². The second-order valence-electron chi connectivity index (χ2n) is 7.06. The lowest BCUT2D eigenvalue weighted by atomic mass is 10.0. The molecule has 1 saturated heterocycles. The SMILES string of the molecule is Oc1c([C@H](c2ccccc2)N2CCN(c3cccc(Cl)c3)CC2)sc2ncnn12. The van der Waals surface area contributed by atoms with Crippen molar-refractivity contribution in [2.24, 2.45) is 0 Å². The smallest absolute Gasteiger partial charge is 0.230 e. The predicted octanol–water partition coefficient (Wildman–Crippen LogP) is 4.06. The molecule has 148 valence electrons. The highest BCUT2D eigenvalue weighted by Gasteiger charge is 2.31. The van der Waals surface area contributed by atoms with Gasteiger partial charge >= 0.3 is 0 Å². The van der Waals surface area contributed by atoms with Gasteiger partial charge in [0.25, 0.3) is 0 Å². The van der Waals surface area contributed by atoms with Crippen LogP contribution in [-0.2, 0) is 0 Å². The minimum atomic E-state index is -0.0359. The van der Waals surface area contributed by atoms with Gasteiger partial charge in [-0.2, -0.15) is 9.61 Å². The maximum absolute atomic E-state index is 10.8. The van der Waals surface area contributed by atoms with Crippen LogP contribution in [0.15, 0.2) is 60.9 Å². The minimum absolute atomic E-state index is 0.0359. The highest BCUT2D eigenvalue weighted by molar-refractivity contribution is 7.17. The molecule has 0 amide bonds. The lowest BCUT2D eigenvalue weighted by Gasteiger charge is -2.40. The van der Waals surface area contributed by atoms with E-state index in [9.17, 15) is 5.11 Å². The number of hydrogen-bond acceptors (Lipinski definition) is 6. The average molecular weight is 426 g/mol. The molecule has 0 radical (unpaired) electrons. The van der Waals surface area contributed by atoms with Crippen molar-refractivity contribution >= 4 is 33.6 Å². The first kappa shape index (κ1) is 18.4. The molecule has 2 aromatic carbocycles. The van der Waals surface area contributed by atoms with Crippen molar-refractivity contribution in [3.05, 3.63) is 76.4 Å². The number of aromatic hydroxyl groups is 1.